The summed E-state index contributed by atoms with van der Waals surface area (Å²) in [5.41, 5.74) is 2.84. The number of hydrogen-bond acceptors (Lipinski definition) is 5. The molecule has 0 aromatic carbocycles. The number of amides is 1. The Kier molecular flexibility index (Phi) is 5.98. The number of unbranched alkanes of at least 4 members (excludes halogenated alkanes) is 1. The molecule has 0 fully saturated rings. The van der Waals surface area contributed by atoms with Gasteiger partial charge in [0.05, 0.1) is 5.56 Å². The summed E-state index contributed by atoms with van der Waals surface area (Å²) < 4.78 is 4.92. The van der Waals surface area contributed by atoms with E-state index < -0.39 is 0 Å². The number of ether oxygens (including phenoxy) is 1. The lowest BCUT2D eigenvalue weighted by molar-refractivity contribution is 0.0952. The molecule has 0 spiro atoms. The molecule has 0 aliphatic rings. The molecule has 0 bridgehead atoms. The first kappa shape index (κ1) is 13.4. The molecule has 0 aliphatic carbocycles. The van der Waals surface area contributed by atoms with E-state index in [1.807, 2.05) is 0 Å². The van der Waals surface area contributed by atoms with Crippen molar-refractivity contribution in [2.45, 2.75) is 12.8 Å². The largest absolute Gasteiger partial charge is 0.385 e. The number of hydrazine groups is 1. The molecule has 1 rings (SSSR count). The number of nitrogens with one attached hydrogen (secondary N) is 2. The van der Waals surface area contributed by atoms with Crippen molar-refractivity contribution in [2.75, 3.05) is 25.7 Å². The molecule has 17 heavy (non-hydrogen) atoms. The van der Waals surface area contributed by atoms with Crippen molar-refractivity contribution in [3.8, 4) is 0 Å². The van der Waals surface area contributed by atoms with Gasteiger partial charge in [-0.2, -0.15) is 0 Å². The van der Waals surface area contributed by atoms with Gasteiger partial charge in [-0.05, 0) is 25.0 Å². The number of anilines is 1. The van der Waals surface area contributed by atoms with Crippen LogP contribution in [0.25, 0.3) is 0 Å². The lowest BCUT2D eigenvalue weighted by atomic mass is 10.2. The maximum absolute atomic E-state index is 11.8. The van der Waals surface area contributed by atoms with Gasteiger partial charge in [0.25, 0.3) is 5.91 Å². The van der Waals surface area contributed by atoms with Gasteiger partial charge in [0.1, 0.15) is 0 Å². The zero-order chi connectivity index (χ0) is 12.5. The molecule has 1 amide bonds. The third-order valence-corrected chi connectivity index (χ3v) is 2.25. The highest BCUT2D eigenvalue weighted by atomic mass is 16.5. The number of nitrogens with two attached hydrogens (primary N) is 1. The van der Waals surface area contributed by atoms with Crippen LogP contribution >= 0.6 is 0 Å². The Labute approximate surface area is 101 Å². The van der Waals surface area contributed by atoms with E-state index in [4.69, 9.17) is 10.6 Å². The smallest absolute Gasteiger partial charge is 0.255 e. The van der Waals surface area contributed by atoms with Crippen molar-refractivity contribution in [3.63, 3.8) is 0 Å². The maximum Gasteiger partial charge on any atom is 0.255 e. The molecule has 6 nitrogen and oxygen atoms in total. The van der Waals surface area contributed by atoms with Crippen LogP contribution in [0.15, 0.2) is 18.3 Å². The van der Waals surface area contributed by atoms with Gasteiger partial charge in [0.15, 0.2) is 5.82 Å². The molecule has 0 aliphatic heterocycles. The zero-order valence-electron chi connectivity index (χ0n) is 9.90. The van der Waals surface area contributed by atoms with Gasteiger partial charge in [0.2, 0.25) is 0 Å². The first-order valence-electron chi connectivity index (χ1n) is 5.48. The zero-order valence-corrected chi connectivity index (χ0v) is 9.90. The predicted octanol–water partition coefficient (Wildman–Crippen LogP) is 0.524. The normalized spacial score (nSPS) is 10.0. The maximum atomic E-state index is 11.8. The van der Waals surface area contributed by atoms with Crippen molar-refractivity contribution in [3.05, 3.63) is 23.9 Å². The molecule has 0 saturated carbocycles. The van der Waals surface area contributed by atoms with Crippen LogP contribution in [0.1, 0.15) is 23.2 Å². The molecular weight excluding hydrogens is 220 g/mol. The molecule has 4 N–H and O–H groups in total. The Morgan fingerprint density at radius 1 is 1.53 bits per heavy atom. The molecule has 1 aromatic heterocycles. The average Bonchev–Trinajstić information content (AvgIpc) is 2.38. The third kappa shape index (κ3) is 4.38. The van der Waals surface area contributed by atoms with Crippen molar-refractivity contribution in [1.29, 1.82) is 0 Å². The van der Waals surface area contributed by atoms with Crippen molar-refractivity contribution in [2.24, 2.45) is 5.84 Å². The van der Waals surface area contributed by atoms with Gasteiger partial charge in [0, 0.05) is 26.5 Å². The first-order chi connectivity index (χ1) is 8.29. The summed E-state index contributed by atoms with van der Waals surface area (Å²) in [6.07, 6.45) is 3.38. The summed E-state index contributed by atoms with van der Waals surface area (Å²) in [6, 6.07) is 3.37. The standard InChI is InChI=1S/C11H18N4O2/c1-17-8-3-2-6-14-11(16)9-5-4-7-13-10(9)15-12/h4-5,7H,2-3,6,8,12H2,1H3,(H,13,15)(H,14,16). The van der Waals surface area contributed by atoms with Crippen molar-refractivity contribution < 1.29 is 9.53 Å². The molecule has 0 radical (unpaired) electrons. The van der Waals surface area contributed by atoms with Crippen molar-refractivity contribution in [1.82, 2.24) is 10.3 Å². The number of pyridine rings is 1. The number of nitrogens with zero attached hydrogens (tertiary/aromatic N) is 1. The summed E-state index contributed by atoms with van der Waals surface area (Å²) in [5, 5.41) is 2.80. The van der Waals surface area contributed by atoms with Gasteiger partial charge in [-0.15, -0.1) is 0 Å². The Bertz CT molecular complexity index is 357. The quantitative estimate of drug-likeness (QED) is 0.366. The molecule has 6 heteroatoms. The van der Waals surface area contributed by atoms with E-state index in [0.717, 1.165) is 12.8 Å². The van der Waals surface area contributed by atoms with Gasteiger partial charge in [-0.3, -0.25) is 4.79 Å². The molecular formula is C11H18N4O2. The van der Waals surface area contributed by atoms with E-state index >= 15 is 0 Å². The van der Waals surface area contributed by atoms with Gasteiger partial charge in [-0.1, -0.05) is 0 Å². The highest BCUT2D eigenvalue weighted by Crippen LogP contribution is 2.09. The fourth-order valence-electron chi connectivity index (χ4n) is 1.37. The van der Waals surface area contributed by atoms with Crippen LogP contribution < -0.4 is 16.6 Å². The Hall–Kier alpha value is -1.66. The second kappa shape index (κ2) is 7.59. The van der Waals surface area contributed by atoms with Crippen LogP contribution in [0.3, 0.4) is 0 Å². The Morgan fingerprint density at radius 3 is 3.06 bits per heavy atom. The van der Waals surface area contributed by atoms with Crippen LogP contribution in [0.4, 0.5) is 5.82 Å². The van der Waals surface area contributed by atoms with E-state index in [-0.39, 0.29) is 5.91 Å². The van der Waals surface area contributed by atoms with Crippen molar-refractivity contribution >= 4 is 11.7 Å². The van der Waals surface area contributed by atoms with Gasteiger partial charge in [-0.25, -0.2) is 10.8 Å². The first-order valence-corrected chi connectivity index (χ1v) is 5.48. The Morgan fingerprint density at radius 2 is 2.35 bits per heavy atom. The highest BCUT2D eigenvalue weighted by molar-refractivity contribution is 5.98. The second-order valence-corrected chi connectivity index (χ2v) is 3.50. The van der Waals surface area contributed by atoms with Crippen LogP contribution in [0.2, 0.25) is 0 Å². The summed E-state index contributed by atoms with van der Waals surface area (Å²) in [6.45, 7) is 1.32. The summed E-state index contributed by atoms with van der Waals surface area (Å²) >= 11 is 0. The average molecular weight is 238 g/mol. The summed E-state index contributed by atoms with van der Waals surface area (Å²) in [4.78, 5) is 15.7. The van der Waals surface area contributed by atoms with Crippen LogP contribution in [-0.2, 0) is 4.74 Å². The van der Waals surface area contributed by atoms with E-state index in [1.165, 1.54) is 0 Å². The van der Waals surface area contributed by atoms with E-state index in [0.29, 0.717) is 24.5 Å². The van der Waals surface area contributed by atoms with Gasteiger partial charge >= 0.3 is 0 Å². The Balaban J connectivity index is 2.41. The van der Waals surface area contributed by atoms with Crippen LogP contribution in [-0.4, -0.2) is 31.2 Å². The van der Waals surface area contributed by atoms with Crippen LogP contribution in [0, 0.1) is 0 Å². The monoisotopic (exact) mass is 238 g/mol. The molecule has 0 atom stereocenters. The fourth-order valence-corrected chi connectivity index (χ4v) is 1.37. The number of methoxy groups -OCH3 is 1. The number of nitrogen functional groups attached to an aromatic ring is 1. The van der Waals surface area contributed by atoms with E-state index in [1.54, 1.807) is 25.4 Å². The lowest BCUT2D eigenvalue weighted by Crippen LogP contribution is -2.26. The SMILES string of the molecule is COCCCCNC(=O)c1cccnc1NN. The number of carbonyl (C=O) groups is 1. The topological polar surface area (TPSA) is 89.3 Å². The number of carbonyl (C=O) groups excluding carboxylic acids is 1. The molecule has 0 saturated heterocycles. The molecule has 1 aromatic rings. The minimum atomic E-state index is -0.177. The molecule has 94 valence electrons. The van der Waals surface area contributed by atoms with Gasteiger partial charge < -0.3 is 15.5 Å². The predicted molar refractivity (Wildman–Crippen MR) is 65.5 cm³/mol. The second-order valence-electron chi connectivity index (χ2n) is 3.50. The lowest BCUT2D eigenvalue weighted by Gasteiger charge is -2.08. The van der Waals surface area contributed by atoms with E-state index in [2.05, 4.69) is 15.7 Å². The third-order valence-electron chi connectivity index (χ3n) is 2.25. The number of hydrogen-bond donors (Lipinski definition) is 3. The summed E-state index contributed by atoms with van der Waals surface area (Å²) in [7, 11) is 1.66. The molecule has 1 heterocycles. The molecule has 0 unspecified atom stereocenters. The minimum absolute atomic E-state index is 0.177. The van der Waals surface area contributed by atoms with E-state index in [9.17, 15) is 4.79 Å². The number of rotatable bonds is 7. The summed E-state index contributed by atoms with van der Waals surface area (Å²) in [5.74, 6) is 5.47. The minimum Gasteiger partial charge on any atom is -0.385 e. The highest BCUT2D eigenvalue weighted by Gasteiger charge is 2.10. The fraction of sp³-hybridized carbons (Fsp3) is 0.455. The van der Waals surface area contributed by atoms with Crippen LogP contribution in [0.5, 0.6) is 0 Å². The number of aromatic nitrogens is 1.